The van der Waals surface area contributed by atoms with Gasteiger partial charge in [-0.3, -0.25) is 4.98 Å². The summed E-state index contributed by atoms with van der Waals surface area (Å²) in [6, 6.07) is 18.2. The first-order valence-corrected chi connectivity index (χ1v) is 10.9. The molecule has 3 heterocycles. The Morgan fingerprint density at radius 1 is 1.10 bits per heavy atom. The zero-order chi connectivity index (χ0) is 21.8. The van der Waals surface area contributed by atoms with Gasteiger partial charge in [-0.05, 0) is 74.6 Å². The fraction of sp³-hybridized carbons (Fsp3) is 0.333. The van der Waals surface area contributed by atoms with E-state index in [4.69, 9.17) is 21.7 Å². The number of nitrogens with zero attached hydrogens (tertiary/aromatic N) is 3. The lowest BCUT2D eigenvalue weighted by molar-refractivity contribution is 0.186. The van der Waals surface area contributed by atoms with Crippen LogP contribution in [0.1, 0.15) is 37.3 Å². The number of anilines is 1. The molecule has 0 radical (unpaired) electrons. The Kier molecular flexibility index (Phi) is 6.53. The first-order valence-electron chi connectivity index (χ1n) is 10.5. The molecule has 1 saturated heterocycles. The summed E-state index contributed by atoms with van der Waals surface area (Å²) in [6.07, 6.45) is 4.04. The molecule has 162 valence electrons. The molecule has 0 unspecified atom stereocenters. The number of hydrogen-bond acceptors (Lipinski definition) is 4. The maximum atomic E-state index is 5.82. The Morgan fingerprint density at radius 2 is 1.90 bits per heavy atom. The van der Waals surface area contributed by atoms with Crippen molar-refractivity contribution in [3.63, 3.8) is 0 Å². The lowest BCUT2D eigenvalue weighted by Gasteiger charge is -2.29. The van der Waals surface area contributed by atoms with Crippen LogP contribution in [-0.2, 0) is 11.3 Å². The Hall–Kier alpha value is -2.90. The molecule has 0 bridgehead atoms. The summed E-state index contributed by atoms with van der Waals surface area (Å²) in [7, 11) is 1.72. The zero-order valence-electron chi connectivity index (χ0n) is 18.1. The molecule has 1 aliphatic heterocycles. The molecule has 31 heavy (non-hydrogen) atoms. The smallest absolute Gasteiger partial charge is 0.174 e. The van der Waals surface area contributed by atoms with Gasteiger partial charge >= 0.3 is 0 Å². The number of methoxy groups -OCH3 is 1. The number of benzene rings is 1. The van der Waals surface area contributed by atoms with Crippen LogP contribution in [0, 0.1) is 0 Å². The highest BCUT2D eigenvalue weighted by Gasteiger charge is 2.41. The minimum absolute atomic E-state index is 0.0499. The first kappa shape index (κ1) is 21.3. The third-order valence-electron chi connectivity index (χ3n) is 5.29. The van der Waals surface area contributed by atoms with E-state index in [-0.39, 0.29) is 18.2 Å². The highest BCUT2D eigenvalue weighted by molar-refractivity contribution is 7.80. The second-order valence-corrected chi connectivity index (χ2v) is 8.16. The van der Waals surface area contributed by atoms with Crippen LogP contribution in [0.3, 0.4) is 0 Å². The summed E-state index contributed by atoms with van der Waals surface area (Å²) in [5.74, 6) is 0.845. The van der Waals surface area contributed by atoms with Crippen LogP contribution < -0.4 is 15.0 Å². The highest BCUT2D eigenvalue weighted by Crippen LogP contribution is 2.41. The predicted octanol–water partition coefficient (Wildman–Crippen LogP) is 4.49. The summed E-state index contributed by atoms with van der Waals surface area (Å²) in [5, 5.41) is 4.18. The molecule has 2 atom stereocenters. The van der Waals surface area contributed by atoms with Gasteiger partial charge in [-0.25, -0.2) is 0 Å². The normalized spacial score (nSPS) is 18.5. The largest absolute Gasteiger partial charge is 0.491 e. The molecule has 1 N–H and O–H groups in total. The van der Waals surface area contributed by atoms with Crippen molar-refractivity contribution in [1.29, 1.82) is 0 Å². The average molecular weight is 437 g/mol. The summed E-state index contributed by atoms with van der Waals surface area (Å²) < 4.78 is 13.4. The third-order valence-corrected chi connectivity index (χ3v) is 5.60. The van der Waals surface area contributed by atoms with E-state index >= 15 is 0 Å². The van der Waals surface area contributed by atoms with Crippen molar-refractivity contribution in [3.05, 3.63) is 78.4 Å². The standard InChI is InChI=1S/C24H28N4O2S/c1-17(2)30-19-11-9-18(10-12-19)28-23(21-8-6-14-27(21)15-16-29-3)22(26-24(28)31)20-7-4-5-13-25-20/h4-14,17,22-23H,15-16H2,1-3H3,(H,26,31)/t22-,23-/m1/s1. The van der Waals surface area contributed by atoms with E-state index in [9.17, 15) is 0 Å². The fourth-order valence-electron chi connectivity index (χ4n) is 3.98. The number of ether oxygens (including phenoxy) is 2. The van der Waals surface area contributed by atoms with Crippen LogP contribution in [0.5, 0.6) is 5.75 Å². The van der Waals surface area contributed by atoms with Gasteiger partial charge in [0.2, 0.25) is 0 Å². The predicted molar refractivity (Wildman–Crippen MR) is 126 cm³/mol. The SMILES string of the molecule is COCCn1cccc1[C@@H]1[C@@H](c2ccccn2)NC(=S)N1c1ccc(OC(C)C)cc1. The summed E-state index contributed by atoms with van der Waals surface area (Å²) >= 11 is 5.81. The molecule has 0 spiro atoms. The van der Waals surface area contributed by atoms with Gasteiger partial charge < -0.3 is 24.3 Å². The molecule has 6 nitrogen and oxygen atoms in total. The van der Waals surface area contributed by atoms with E-state index in [1.165, 1.54) is 0 Å². The van der Waals surface area contributed by atoms with Gasteiger partial charge in [-0.15, -0.1) is 0 Å². The fourth-order valence-corrected chi connectivity index (χ4v) is 4.33. The van der Waals surface area contributed by atoms with Crippen molar-refractivity contribution in [3.8, 4) is 5.75 Å². The Morgan fingerprint density at radius 3 is 2.58 bits per heavy atom. The van der Waals surface area contributed by atoms with Crippen LogP contribution in [0.25, 0.3) is 0 Å². The van der Waals surface area contributed by atoms with E-state index in [0.29, 0.717) is 11.7 Å². The zero-order valence-corrected chi connectivity index (χ0v) is 18.9. The van der Waals surface area contributed by atoms with E-state index in [1.54, 1.807) is 7.11 Å². The second-order valence-electron chi connectivity index (χ2n) is 7.78. The quantitative estimate of drug-likeness (QED) is 0.525. The van der Waals surface area contributed by atoms with Crippen LogP contribution >= 0.6 is 12.2 Å². The molecule has 0 amide bonds. The van der Waals surface area contributed by atoms with Crippen LogP contribution in [0.4, 0.5) is 5.69 Å². The van der Waals surface area contributed by atoms with Gasteiger partial charge in [0, 0.05) is 37.4 Å². The molecule has 3 aromatic rings. The Balaban J connectivity index is 1.74. The molecule has 1 fully saturated rings. The van der Waals surface area contributed by atoms with Crippen molar-refractivity contribution in [2.24, 2.45) is 0 Å². The number of hydrogen-bond donors (Lipinski definition) is 1. The highest BCUT2D eigenvalue weighted by atomic mass is 32.1. The molecule has 2 aromatic heterocycles. The van der Waals surface area contributed by atoms with Gasteiger partial charge in [0.05, 0.1) is 24.4 Å². The van der Waals surface area contributed by atoms with Crippen molar-refractivity contribution in [2.45, 2.75) is 38.6 Å². The van der Waals surface area contributed by atoms with E-state index in [1.807, 2.05) is 50.4 Å². The molecular weight excluding hydrogens is 408 g/mol. The van der Waals surface area contributed by atoms with Gasteiger partial charge in [-0.2, -0.15) is 0 Å². The first-order chi connectivity index (χ1) is 15.1. The van der Waals surface area contributed by atoms with Gasteiger partial charge in [0.25, 0.3) is 0 Å². The molecule has 0 saturated carbocycles. The van der Waals surface area contributed by atoms with E-state index < -0.39 is 0 Å². The number of pyridine rings is 1. The third kappa shape index (κ3) is 4.57. The second kappa shape index (κ2) is 9.49. The Bertz CT molecular complexity index is 1000. The summed E-state index contributed by atoms with van der Waals surface area (Å²) in [6.45, 7) is 5.46. The molecule has 7 heteroatoms. The molecular formula is C24H28N4O2S. The lowest BCUT2D eigenvalue weighted by atomic mass is 10.0. The molecule has 1 aromatic carbocycles. The van der Waals surface area contributed by atoms with Crippen molar-refractivity contribution in [1.82, 2.24) is 14.9 Å². The molecule has 4 rings (SSSR count). The van der Waals surface area contributed by atoms with Crippen molar-refractivity contribution < 1.29 is 9.47 Å². The molecule has 1 aliphatic rings. The Labute approximate surface area is 188 Å². The minimum Gasteiger partial charge on any atom is -0.491 e. The van der Waals surface area contributed by atoms with Gasteiger partial charge in [0.1, 0.15) is 11.8 Å². The topological polar surface area (TPSA) is 51.5 Å². The molecule has 0 aliphatic carbocycles. The maximum absolute atomic E-state index is 5.82. The van der Waals surface area contributed by atoms with Crippen LogP contribution in [0.15, 0.2) is 67.0 Å². The van der Waals surface area contributed by atoms with Crippen LogP contribution in [0.2, 0.25) is 0 Å². The van der Waals surface area contributed by atoms with Crippen molar-refractivity contribution >= 4 is 23.0 Å². The van der Waals surface area contributed by atoms with Crippen molar-refractivity contribution in [2.75, 3.05) is 18.6 Å². The maximum Gasteiger partial charge on any atom is 0.174 e. The number of rotatable bonds is 8. The monoisotopic (exact) mass is 436 g/mol. The number of nitrogens with one attached hydrogen (secondary N) is 1. The van der Waals surface area contributed by atoms with E-state index in [2.05, 4.69) is 50.2 Å². The summed E-state index contributed by atoms with van der Waals surface area (Å²) in [4.78, 5) is 6.79. The minimum atomic E-state index is -0.0727. The number of aromatic nitrogens is 2. The van der Waals surface area contributed by atoms with Gasteiger partial charge in [0.15, 0.2) is 5.11 Å². The lowest BCUT2D eigenvalue weighted by Crippen LogP contribution is -2.30. The van der Waals surface area contributed by atoms with Gasteiger partial charge in [-0.1, -0.05) is 6.07 Å². The van der Waals surface area contributed by atoms with E-state index in [0.717, 1.165) is 29.4 Å². The average Bonchev–Trinajstić information content (AvgIpc) is 3.36. The summed E-state index contributed by atoms with van der Waals surface area (Å²) in [5.41, 5.74) is 3.12. The van der Waals surface area contributed by atoms with Crippen LogP contribution in [-0.4, -0.2) is 34.5 Å². The number of thiocarbonyl (C=S) groups is 1.